The van der Waals surface area contributed by atoms with Gasteiger partial charge in [0.15, 0.2) is 0 Å². The lowest BCUT2D eigenvalue weighted by atomic mass is 9.77. The molecule has 8 aromatic carbocycles. The monoisotopic (exact) mass is 795 g/mol. The topological polar surface area (TPSA) is 4.93 Å². The van der Waals surface area contributed by atoms with E-state index in [1.807, 2.05) is 0 Å². The predicted molar refractivity (Wildman–Crippen MR) is 263 cm³/mol. The van der Waals surface area contributed by atoms with E-state index in [-0.39, 0.29) is 5.41 Å². The maximum atomic E-state index is 4.58. The van der Waals surface area contributed by atoms with Gasteiger partial charge in [0.05, 0.1) is 11.0 Å². The van der Waals surface area contributed by atoms with Gasteiger partial charge in [-0.15, -0.1) is 13.2 Å². The van der Waals surface area contributed by atoms with Gasteiger partial charge in [-0.3, -0.25) is 0 Å². The molecule has 2 heteroatoms. The Morgan fingerprint density at radius 3 is 1.77 bits per heavy atom. The molecule has 0 fully saturated rings. The maximum Gasteiger partial charge on any atom is 0.0541 e. The third-order valence-electron chi connectivity index (χ3n) is 12.2. The van der Waals surface area contributed by atoms with Crippen LogP contribution in [0.25, 0.3) is 60.9 Å². The van der Waals surface area contributed by atoms with E-state index >= 15 is 0 Å². The molecule has 0 saturated carbocycles. The lowest BCUT2D eigenvalue weighted by Crippen LogP contribution is -2.21. The van der Waals surface area contributed by atoms with Crippen LogP contribution in [0, 0.1) is 0 Å². The lowest BCUT2D eigenvalue weighted by Gasteiger charge is -2.27. The molecule has 9 aromatic rings. The first kappa shape index (κ1) is 40.4. The first-order valence-electron chi connectivity index (χ1n) is 21.1. The summed E-state index contributed by atoms with van der Waals surface area (Å²) < 4.78 is 2.36. The molecular weight excluding hydrogens is 743 g/mol. The van der Waals surface area contributed by atoms with E-state index in [4.69, 9.17) is 0 Å². The van der Waals surface area contributed by atoms with E-state index in [0.717, 1.165) is 18.6 Å². The van der Waals surface area contributed by atoms with Gasteiger partial charge in [0.1, 0.15) is 0 Å². The van der Waals surface area contributed by atoms with E-state index in [1.54, 1.807) is 0 Å². The Morgan fingerprint density at radius 1 is 0.500 bits per heavy atom. The minimum absolute atomic E-state index is 0.0425. The van der Waals surface area contributed by atoms with Crippen molar-refractivity contribution in [2.24, 2.45) is 0 Å². The summed E-state index contributed by atoms with van der Waals surface area (Å²) in [7, 11) is 0. The summed E-state index contributed by atoms with van der Waals surface area (Å²) >= 11 is 4.58. The molecule has 1 unspecified atom stereocenters. The zero-order valence-corrected chi connectivity index (χ0v) is 35.9. The Labute approximate surface area is 362 Å². The quantitative estimate of drug-likeness (QED) is 0.115. The molecule has 0 aliphatic heterocycles. The third kappa shape index (κ3) is 7.88. The molecule has 0 bridgehead atoms. The van der Waals surface area contributed by atoms with Gasteiger partial charge in [0.2, 0.25) is 0 Å². The SMILES string of the molecule is C=C.CC(C)c1ccc(-c2ccc3c(c2)c2ccccc2n3-c2ccccc2)cc1.CC1(CCS)c2ccccc2-c2ccc(Cc3ccc(-c4ccccc4)cc3)cc21. The minimum Gasteiger partial charge on any atom is -0.309 e. The van der Waals surface area contributed by atoms with Gasteiger partial charge in [0, 0.05) is 21.9 Å². The number of para-hydroxylation sites is 2. The Morgan fingerprint density at radius 2 is 1.05 bits per heavy atom. The summed E-state index contributed by atoms with van der Waals surface area (Å²) in [6.45, 7) is 12.9. The molecule has 1 atom stereocenters. The van der Waals surface area contributed by atoms with E-state index in [1.165, 1.54) is 88.7 Å². The number of benzene rings is 8. The van der Waals surface area contributed by atoms with Crippen molar-refractivity contribution >= 4 is 34.4 Å². The van der Waals surface area contributed by atoms with Crippen LogP contribution in [0.3, 0.4) is 0 Å². The van der Waals surface area contributed by atoms with E-state index < -0.39 is 0 Å². The third-order valence-corrected chi connectivity index (χ3v) is 12.4. The van der Waals surface area contributed by atoms with Crippen molar-refractivity contribution in [1.29, 1.82) is 0 Å². The molecule has 0 saturated heterocycles. The maximum absolute atomic E-state index is 4.58. The number of hydrogen-bond acceptors (Lipinski definition) is 1. The van der Waals surface area contributed by atoms with E-state index in [2.05, 4.69) is 245 Å². The predicted octanol–water partition coefficient (Wildman–Crippen LogP) is 15.9. The van der Waals surface area contributed by atoms with Crippen molar-refractivity contribution in [3.8, 4) is 39.1 Å². The molecule has 1 heterocycles. The van der Waals surface area contributed by atoms with Crippen LogP contribution in [0.5, 0.6) is 0 Å². The number of thiol groups is 1. The Balaban J connectivity index is 0.000000160. The first-order valence-corrected chi connectivity index (χ1v) is 21.7. The van der Waals surface area contributed by atoms with Crippen molar-refractivity contribution in [1.82, 2.24) is 4.57 Å². The molecule has 60 heavy (non-hydrogen) atoms. The summed E-state index contributed by atoms with van der Waals surface area (Å²) in [6.07, 6.45) is 2.00. The Bertz CT molecular complexity index is 2850. The van der Waals surface area contributed by atoms with Crippen LogP contribution >= 0.6 is 12.6 Å². The van der Waals surface area contributed by atoms with Gasteiger partial charge in [-0.25, -0.2) is 0 Å². The van der Waals surface area contributed by atoms with Crippen LogP contribution in [-0.4, -0.2) is 10.3 Å². The fourth-order valence-corrected chi connectivity index (χ4v) is 9.43. The van der Waals surface area contributed by atoms with Gasteiger partial charge in [-0.2, -0.15) is 12.6 Å². The zero-order valence-electron chi connectivity index (χ0n) is 35.0. The van der Waals surface area contributed by atoms with Gasteiger partial charge >= 0.3 is 0 Å². The number of rotatable bonds is 8. The van der Waals surface area contributed by atoms with Crippen molar-refractivity contribution < 1.29 is 0 Å². The highest BCUT2D eigenvalue weighted by Crippen LogP contribution is 2.51. The lowest BCUT2D eigenvalue weighted by molar-refractivity contribution is 0.570. The molecule has 1 aromatic heterocycles. The van der Waals surface area contributed by atoms with Gasteiger partial charge in [0.25, 0.3) is 0 Å². The molecule has 296 valence electrons. The molecule has 10 rings (SSSR count). The standard InChI is InChI=1S/C29H26S.C27H23N.C2H4/c1-29(17-18-30)27-10-6-5-9-25(27)26-16-13-22(20-28(26)29)19-21-11-14-24(15-12-21)23-7-3-2-4-8-23;1-19(2)20-12-14-21(15-13-20)22-16-17-27-25(18-22)24-10-6-7-11-26(24)28(27)23-8-4-3-5-9-23;1-2/h2-16,20,30H,17-19H2,1H3;3-19H,1-2H3;1-2H2. The first-order chi connectivity index (χ1) is 29.4. The molecule has 1 nitrogen and oxygen atoms in total. The fourth-order valence-electron chi connectivity index (χ4n) is 8.98. The van der Waals surface area contributed by atoms with E-state index in [0.29, 0.717) is 5.92 Å². The van der Waals surface area contributed by atoms with Crippen LogP contribution in [-0.2, 0) is 11.8 Å². The summed E-state index contributed by atoms with van der Waals surface area (Å²) in [5.74, 6) is 1.44. The smallest absolute Gasteiger partial charge is 0.0541 e. The largest absolute Gasteiger partial charge is 0.309 e. The summed E-state index contributed by atoms with van der Waals surface area (Å²) in [6, 6.07) is 70.6. The average Bonchev–Trinajstić information content (AvgIpc) is 3.77. The number of nitrogens with zero attached hydrogens (tertiary/aromatic N) is 1. The minimum atomic E-state index is 0.0425. The molecule has 0 N–H and O–H groups in total. The van der Waals surface area contributed by atoms with Crippen molar-refractivity contribution in [3.05, 3.63) is 235 Å². The highest BCUT2D eigenvalue weighted by molar-refractivity contribution is 7.80. The average molecular weight is 796 g/mol. The van der Waals surface area contributed by atoms with Gasteiger partial charge in [-0.1, -0.05) is 185 Å². The summed E-state index contributed by atoms with van der Waals surface area (Å²) in [5.41, 5.74) is 18.6. The van der Waals surface area contributed by atoms with Gasteiger partial charge < -0.3 is 4.57 Å². The second kappa shape index (κ2) is 17.9. The fraction of sp³-hybridized carbons (Fsp3) is 0.138. The molecule has 1 aliphatic carbocycles. The summed E-state index contributed by atoms with van der Waals surface area (Å²) in [4.78, 5) is 0. The van der Waals surface area contributed by atoms with Crippen LogP contribution < -0.4 is 0 Å². The molecule has 0 amide bonds. The second-order valence-electron chi connectivity index (χ2n) is 16.2. The second-order valence-corrected chi connectivity index (χ2v) is 16.6. The Kier molecular flexibility index (Phi) is 12.0. The summed E-state index contributed by atoms with van der Waals surface area (Å²) in [5, 5.41) is 2.59. The number of hydrogen-bond donors (Lipinski definition) is 1. The highest BCUT2D eigenvalue weighted by Gasteiger charge is 2.38. The number of fused-ring (bicyclic) bond motifs is 6. The van der Waals surface area contributed by atoms with E-state index in [9.17, 15) is 0 Å². The molecule has 0 radical (unpaired) electrons. The molecule has 1 aliphatic rings. The van der Waals surface area contributed by atoms with Crippen molar-refractivity contribution in [3.63, 3.8) is 0 Å². The van der Waals surface area contributed by atoms with Crippen molar-refractivity contribution in [2.45, 2.75) is 44.9 Å². The molecule has 0 spiro atoms. The normalized spacial score (nSPS) is 13.9. The van der Waals surface area contributed by atoms with Crippen LogP contribution in [0.2, 0.25) is 0 Å². The number of aromatic nitrogens is 1. The van der Waals surface area contributed by atoms with Crippen LogP contribution in [0.1, 0.15) is 60.9 Å². The Hall–Kier alpha value is -6.35. The molecular formula is C58H53NS. The van der Waals surface area contributed by atoms with Crippen LogP contribution in [0.4, 0.5) is 0 Å². The highest BCUT2D eigenvalue weighted by atomic mass is 32.1. The van der Waals surface area contributed by atoms with Crippen LogP contribution in [0.15, 0.2) is 207 Å². The zero-order chi connectivity index (χ0) is 41.6. The van der Waals surface area contributed by atoms with Gasteiger partial charge in [-0.05, 0) is 116 Å². The van der Waals surface area contributed by atoms with Crippen molar-refractivity contribution in [2.75, 3.05) is 5.75 Å².